The Morgan fingerprint density at radius 1 is 1.42 bits per heavy atom. The lowest BCUT2D eigenvalue weighted by molar-refractivity contribution is 0.365. The number of nitrogens with one attached hydrogen (secondary N) is 2. The number of hydrogen-bond donors (Lipinski definition) is 2. The second-order valence-electron chi connectivity index (χ2n) is 3.09. The molecule has 3 nitrogen and oxygen atoms in total. The zero-order chi connectivity index (χ0) is 8.23. The summed E-state index contributed by atoms with van der Waals surface area (Å²) < 4.78 is 0. The summed E-state index contributed by atoms with van der Waals surface area (Å²) in [5.41, 5.74) is 1.30. The highest BCUT2D eigenvalue weighted by Crippen LogP contribution is 1.97. The number of pyridine rings is 1. The van der Waals surface area contributed by atoms with Crippen molar-refractivity contribution in [1.29, 1.82) is 0 Å². The van der Waals surface area contributed by atoms with Crippen molar-refractivity contribution < 1.29 is 0 Å². The number of nitrogens with zero attached hydrogens (tertiary/aromatic N) is 1. The fourth-order valence-electron chi connectivity index (χ4n) is 1.20. The van der Waals surface area contributed by atoms with Crippen LogP contribution in [0.25, 0.3) is 0 Å². The van der Waals surface area contributed by atoms with Gasteiger partial charge < -0.3 is 10.6 Å². The summed E-state index contributed by atoms with van der Waals surface area (Å²) in [6.07, 6.45) is 3.66. The molecule has 0 bridgehead atoms. The molecule has 1 aliphatic rings. The van der Waals surface area contributed by atoms with E-state index in [4.69, 9.17) is 0 Å². The van der Waals surface area contributed by atoms with Crippen molar-refractivity contribution in [3.8, 4) is 0 Å². The van der Waals surface area contributed by atoms with E-state index >= 15 is 0 Å². The molecular formula is C9H13N3. The van der Waals surface area contributed by atoms with Crippen molar-refractivity contribution in [1.82, 2.24) is 15.6 Å². The lowest BCUT2D eigenvalue weighted by atomic mass is 10.1. The third kappa shape index (κ3) is 1.81. The van der Waals surface area contributed by atoms with Gasteiger partial charge in [-0.15, -0.1) is 0 Å². The second kappa shape index (κ2) is 3.65. The maximum absolute atomic E-state index is 3.97. The lowest BCUT2D eigenvalue weighted by Crippen LogP contribution is -2.54. The molecule has 0 amide bonds. The van der Waals surface area contributed by atoms with Gasteiger partial charge in [-0.25, -0.2) is 0 Å². The highest BCUT2D eigenvalue weighted by atomic mass is 15.1. The molecule has 0 atom stereocenters. The third-order valence-corrected chi connectivity index (χ3v) is 2.13. The first-order chi connectivity index (χ1) is 5.95. The summed E-state index contributed by atoms with van der Waals surface area (Å²) in [6.45, 7) is 3.16. The van der Waals surface area contributed by atoms with Crippen LogP contribution in [0, 0.1) is 0 Å². The zero-order valence-electron chi connectivity index (χ0n) is 6.96. The van der Waals surface area contributed by atoms with Gasteiger partial charge in [0.15, 0.2) is 0 Å². The van der Waals surface area contributed by atoms with Gasteiger partial charge in [0.05, 0.1) is 0 Å². The van der Waals surface area contributed by atoms with E-state index in [-0.39, 0.29) is 0 Å². The van der Waals surface area contributed by atoms with Crippen LogP contribution in [0.4, 0.5) is 0 Å². The lowest BCUT2D eigenvalue weighted by Gasteiger charge is -2.28. The van der Waals surface area contributed by atoms with E-state index in [9.17, 15) is 0 Å². The van der Waals surface area contributed by atoms with Crippen molar-refractivity contribution in [2.45, 2.75) is 12.6 Å². The van der Waals surface area contributed by atoms with Gasteiger partial charge in [0.1, 0.15) is 0 Å². The largest absolute Gasteiger partial charge is 0.314 e. The van der Waals surface area contributed by atoms with Gasteiger partial charge in [0, 0.05) is 38.1 Å². The SMILES string of the molecule is c1cc(CNC2CNC2)ccn1. The quantitative estimate of drug-likeness (QED) is 0.665. The number of rotatable bonds is 3. The topological polar surface area (TPSA) is 37.0 Å². The Labute approximate surface area is 72.2 Å². The summed E-state index contributed by atoms with van der Waals surface area (Å²) >= 11 is 0. The Hall–Kier alpha value is -0.930. The van der Waals surface area contributed by atoms with E-state index in [1.807, 2.05) is 24.5 Å². The van der Waals surface area contributed by atoms with E-state index in [1.54, 1.807) is 0 Å². The van der Waals surface area contributed by atoms with Crippen LogP contribution in [0.5, 0.6) is 0 Å². The van der Waals surface area contributed by atoms with Crippen LogP contribution in [-0.2, 0) is 6.54 Å². The maximum atomic E-state index is 3.97. The molecule has 1 saturated heterocycles. The second-order valence-corrected chi connectivity index (χ2v) is 3.09. The summed E-state index contributed by atoms with van der Waals surface area (Å²) in [4.78, 5) is 3.97. The van der Waals surface area contributed by atoms with Crippen molar-refractivity contribution in [2.75, 3.05) is 13.1 Å². The van der Waals surface area contributed by atoms with Crippen LogP contribution < -0.4 is 10.6 Å². The average Bonchev–Trinajstić information content (AvgIpc) is 2.04. The van der Waals surface area contributed by atoms with Crippen LogP contribution in [-0.4, -0.2) is 24.1 Å². The van der Waals surface area contributed by atoms with Crippen LogP contribution in [0.15, 0.2) is 24.5 Å². The predicted octanol–water partition coefficient (Wildman–Crippen LogP) is 0.143. The number of hydrogen-bond acceptors (Lipinski definition) is 3. The fourth-order valence-corrected chi connectivity index (χ4v) is 1.20. The average molecular weight is 163 g/mol. The predicted molar refractivity (Wildman–Crippen MR) is 47.7 cm³/mol. The van der Waals surface area contributed by atoms with E-state index in [0.717, 1.165) is 19.6 Å². The molecule has 1 aliphatic heterocycles. The van der Waals surface area contributed by atoms with Crippen LogP contribution in [0.2, 0.25) is 0 Å². The maximum Gasteiger partial charge on any atom is 0.0320 e. The molecule has 0 aliphatic carbocycles. The molecule has 2 N–H and O–H groups in total. The Kier molecular flexibility index (Phi) is 2.34. The molecule has 0 saturated carbocycles. The summed E-state index contributed by atoms with van der Waals surface area (Å²) in [6, 6.07) is 4.75. The highest BCUT2D eigenvalue weighted by Gasteiger charge is 2.14. The Morgan fingerprint density at radius 3 is 2.75 bits per heavy atom. The molecule has 2 heterocycles. The molecule has 1 aromatic rings. The van der Waals surface area contributed by atoms with Gasteiger partial charge in [0.25, 0.3) is 0 Å². The standard InChI is InChI=1S/C9H13N3/c1-3-10-4-2-8(1)5-12-9-6-11-7-9/h1-4,9,11-12H,5-7H2. The summed E-state index contributed by atoms with van der Waals surface area (Å²) in [5, 5.41) is 6.67. The molecule has 1 fully saturated rings. The molecule has 0 spiro atoms. The van der Waals surface area contributed by atoms with E-state index in [1.165, 1.54) is 5.56 Å². The van der Waals surface area contributed by atoms with Crippen molar-refractivity contribution in [2.24, 2.45) is 0 Å². The van der Waals surface area contributed by atoms with E-state index < -0.39 is 0 Å². The summed E-state index contributed by atoms with van der Waals surface area (Å²) in [7, 11) is 0. The van der Waals surface area contributed by atoms with Gasteiger partial charge >= 0.3 is 0 Å². The molecule has 64 valence electrons. The van der Waals surface area contributed by atoms with Crippen LogP contribution in [0.1, 0.15) is 5.56 Å². The minimum Gasteiger partial charge on any atom is -0.314 e. The van der Waals surface area contributed by atoms with Gasteiger partial charge in [-0.3, -0.25) is 4.98 Å². The fraction of sp³-hybridized carbons (Fsp3) is 0.444. The van der Waals surface area contributed by atoms with E-state index in [0.29, 0.717) is 6.04 Å². The first kappa shape index (κ1) is 7.71. The molecule has 0 radical (unpaired) electrons. The van der Waals surface area contributed by atoms with Gasteiger partial charge in [0.2, 0.25) is 0 Å². The highest BCUT2D eigenvalue weighted by molar-refractivity contribution is 5.09. The van der Waals surface area contributed by atoms with Crippen LogP contribution >= 0.6 is 0 Å². The van der Waals surface area contributed by atoms with Crippen molar-refractivity contribution in [3.05, 3.63) is 30.1 Å². The van der Waals surface area contributed by atoms with Crippen molar-refractivity contribution >= 4 is 0 Å². The van der Waals surface area contributed by atoms with Crippen LogP contribution in [0.3, 0.4) is 0 Å². The summed E-state index contributed by atoms with van der Waals surface area (Å²) in [5.74, 6) is 0. The monoisotopic (exact) mass is 163 g/mol. The first-order valence-electron chi connectivity index (χ1n) is 4.28. The zero-order valence-corrected chi connectivity index (χ0v) is 6.96. The molecule has 0 unspecified atom stereocenters. The van der Waals surface area contributed by atoms with E-state index in [2.05, 4.69) is 15.6 Å². The first-order valence-corrected chi connectivity index (χ1v) is 4.28. The smallest absolute Gasteiger partial charge is 0.0320 e. The molecule has 1 aromatic heterocycles. The minimum absolute atomic E-state index is 0.665. The number of aromatic nitrogens is 1. The van der Waals surface area contributed by atoms with Gasteiger partial charge in [-0.05, 0) is 17.7 Å². The Bertz CT molecular complexity index is 231. The normalized spacial score (nSPS) is 17.3. The molecule has 12 heavy (non-hydrogen) atoms. The van der Waals surface area contributed by atoms with Crippen molar-refractivity contribution in [3.63, 3.8) is 0 Å². The molecule has 0 aromatic carbocycles. The molecule has 3 heteroatoms. The molecular weight excluding hydrogens is 150 g/mol. The minimum atomic E-state index is 0.665. The Balaban J connectivity index is 1.79. The molecule has 2 rings (SSSR count). The van der Waals surface area contributed by atoms with Gasteiger partial charge in [-0.2, -0.15) is 0 Å². The third-order valence-electron chi connectivity index (χ3n) is 2.13. The van der Waals surface area contributed by atoms with Gasteiger partial charge in [-0.1, -0.05) is 0 Å². The Morgan fingerprint density at radius 2 is 2.17 bits per heavy atom.